The third kappa shape index (κ3) is 5.13. The summed E-state index contributed by atoms with van der Waals surface area (Å²) >= 11 is 0. The Kier molecular flexibility index (Phi) is 6.36. The van der Waals surface area contributed by atoms with Crippen molar-refractivity contribution in [3.05, 3.63) is 28.3 Å². The Balaban J connectivity index is 1.99. The highest BCUT2D eigenvalue weighted by Crippen LogP contribution is 2.31. The van der Waals surface area contributed by atoms with Crippen molar-refractivity contribution in [2.45, 2.75) is 23.8 Å². The molecule has 1 heterocycles. The molecule has 1 fully saturated rings. The van der Waals surface area contributed by atoms with Crippen LogP contribution in [0.15, 0.2) is 23.1 Å². The van der Waals surface area contributed by atoms with Crippen molar-refractivity contribution < 1.29 is 13.3 Å². The number of piperidine rings is 1. The van der Waals surface area contributed by atoms with Gasteiger partial charge in [-0.1, -0.05) is 6.07 Å². The van der Waals surface area contributed by atoms with Gasteiger partial charge in [0.05, 0.1) is 4.92 Å². The maximum absolute atomic E-state index is 11.8. The fraction of sp³-hybridized carbons (Fsp3) is 0.625. The molecule has 1 N–H and O–H groups in total. The summed E-state index contributed by atoms with van der Waals surface area (Å²) in [5.41, 5.74) is -0.132. The molecule has 25 heavy (non-hydrogen) atoms. The van der Waals surface area contributed by atoms with Crippen molar-refractivity contribution in [3.63, 3.8) is 0 Å². The minimum Gasteiger partial charge on any atom is -0.378 e. The van der Waals surface area contributed by atoms with Crippen LogP contribution in [0.2, 0.25) is 0 Å². The summed E-state index contributed by atoms with van der Waals surface area (Å²) in [6.07, 6.45) is 3.20. The van der Waals surface area contributed by atoms with E-state index >= 15 is 0 Å². The number of likely N-dealkylation sites (tertiary alicyclic amines) is 1. The summed E-state index contributed by atoms with van der Waals surface area (Å²) in [6, 6.07) is 4.95. The highest BCUT2D eigenvalue weighted by molar-refractivity contribution is 7.90. The predicted octanol–water partition coefficient (Wildman–Crippen LogP) is 1.44. The number of sulfone groups is 1. The van der Waals surface area contributed by atoms with E-state index in [-0.39, 0.29) is 16.3 Å². The Labute approximate surface area is 148 Å². The Morgan fingerprint density at radius 3 is 2.48 bits per heavy atom. The first kappa shape index (κ1) is 19.6. The minimum absolute atomic E-state index is 0.246. The molecule has 0 aromatic heterocycles. The van der Waals surface area contributed by atoms with Crippen molar-refractivity contribution in [3.8, 4) is 0 Å². The first-order valence-corrected chi connectivity index (χ1v) is 10.2. The van der Waals surface area contributed by atoms with Crippen LogP contribution in [0.1, 0.15) is 12.8 Å². The molecular weight excluding hydrogens is 344 g/mol. The first-order valence-electron chi connectivity index (χ1n) is 8.30. The molecule has 140 valence electrons. The standard InChI is InChI=1S/C16H26N4O4S/c1-18(2)13-7-10-19(11-8-13)12-9-17-14-5-4-6-15(25(3,23)24)16(14)20(21)22/h4-6,13,17H,7-12H2,1-3H3. The number of hydrogen-bond donors (Lipinski definition) is 1. The summed E-state index contributed by atoms with van der Waals surface area (Å²) in [5.74, 6) is 0. The number of nitro groups is 1. The Morgan fingerprint density at radius 2 is 1.96 bits per heavy atom. The second-order valence-corrected chi connectivity index (χ2v) is 8.63. The van der Waals surface area contributed by atoms with Crippen molar-refractivity contribution in [2.24, 2.45) is 0 Å². The summed E-state index contributed by atoms with van der Waals surface area (Å²) < 4.78 is 23.5. The van der Waals surface area contributed by atoms with E-state index in [0.29, 0.717) is 12.6 Å². The Bertz CT molecular complexity index is 713. The lowest BCUT2D eigenvalue weighted by Gasteiger charge is -2.35. The van der Waals surface area contributed by atoms with Gasteiger partial charge in [0.15, 0.2) is 9.84 Å². The number of nitrogens with zero attached hydrogens (tertiary/aromatic N) is 3. The fourth-order valence-corrected chi connectivity index (χ4v) is 4.02. The zero-order valence-electron chi connectivity index (χ0n) is 14.9. The highest BCUT2D eigenvalue weighted by Gasteiger charge is 2.26. The van der Waals surface area contributed by atoms with E-state index in [2.05, 4.69) is 29.2 Å². The molecule has 1 aliphatic rings. The molecule has 2 rings (SSSR count). The zero-order chi connectivity index (χ0) is 18.6. The molecule has 0 bridgehead atoms. The lowest BCUT2D eigenvalue weighted by atomic mass is 10.0. The summed E-state index contributed by atoms with van der Waals surface area (Å²) in [6.45, 7) is 3.28. The first-order chi connectivity index (χ1) is 11.7. The number of nitro benzene ring substituents is 1. The van der Waals surface area contributed by atoms with E-state index in [1.54, 1.807) is 6.07 Å². The van der Waals surface area contributed by atoms with E-state index in [4.69, 9.17) is 0 Å². The van der Waals surface area contributed by atoms with Crippen molar-refractivity contribution >= 4 is 21.2 Å². The molecule has 0 aliphatic carbocycles. The van der Waals surface area contributed by atoms with E-state index in [0.717, 1.165) is 38.7 Å². The lowest BCUT2D eigenvalue weighted by Crippen LogP contribution is -2.43. The SMILES string of the molecule is CN(C)C1CCN(CCNc2cccc(S(C)(=O)=O)c2[N+](=O)[O-])CC1. The van der Waals surface area contributed by atoms with Crippen molar-refractivity contribution in [2.75, 3.05) is 51.8 Å². The van der Waals surface area contributed by atoms with Crippen LogP contribution in [0, 0.1) is 10.1 Å². The summed E-state index contributed by atoms with van der Waals surface area (Å²) in [7, 11) is 0.529. The summed E-state index contributed by atoms with van der Waals surface area (Å²) in [4.78, 5) is 15.0. The molecule has 0 saturated carbocycles. The third-order valence-electron chi connectivity index (χ3n) is 4.61. The monoisotopic (exact) mass is 370 g/mol. The van der Waals surface area contributed by atoms with Crippen LogP contribution in [0.3, 0.4) is 0 Å². The molecule has 1 aromatic rings. The normalized spacial score (nSPS) is 17.0. The maximum Gasteiger partial charge on any atom is 0.310 e. The quantitative estimate of drug-likeness (QED) is 0.573. The average molecular weight is 370 g/mol. The lowest BCUT2D eigenvalue weighted by molar-refractivity contribution is -0.386. The Morgan fingerprint density at radius 1 is 1.32 bits per heavy atom. The fourth-order valence-electron chi connectivity index (χ4n) is 3.16. The number of benzene rings is 1. The van der Waals surface area contributed by atoms with Crippen LogP contribution >= 0.6 is 0 Å². The van der Waals surface area contributed by atoms with Gasteiger partial charge in [0.25, 0.3) is 0 Å². The van der Waals surface area contributed by atoms with Gasteiger partial charge in [0.2, 0.25) is 0 Å². The van der Waals surface area contributed by atoms with Gasteiger partial charge in [-0.25, -0.2) is 8.42 Å². The predicted molar refractivity (Wildman–Crippen MR) is 97.8 cm³/mol. The van der Waals surface area contributed by atoms with Gasteiger partial charge in [-0.05, 0) is 52.2 Å². The highest BCUT2D eigenvalue weighted by atomic mass is 32.2. The second kappa shape index (κ2) is 8.11. The molecule has 1 aromatic carbocycles. The molecule has 1 aliphatic heterocycles. The van der Waals surface area contributed by atoms with Crippen molar-refractivity contribution in [1.82, 2.24) is 9.80 Å². The van der Waals surface area contributed by atoms with E-state index < -0.39 is 14.8 Å². The number of nitrogens with one attached hydrogen (secondary N) is 1. The van der Waals surface area contributed by atoms with Crippen LogP contribution < -0.4 is 5.32 Å². The molecule has 0 unspecified atom stereocenters. The van der Waals surface area contributed by atoms with Crippen molar-refractivity contribution in [1.29, 1.82) is 0 Å². The van der Waals surface area contributed by atoms with Crippen LogP contribution in [0.25, 0.3) is 0 Å². The van der Waals surface area contributed by atoms with E-state index in [1.807, 2.05) is 0 Å². The van der Waals surface area contributed by atoms with Gasteiger partial charge in [-0.3, -0.25) is 10.1 Å². The van der Waals surface area contributed by atoms with E-state index in [9.17, 15) is 18.5 Å². The van der Waals surface area contributed by atoms with Gasteiger partial charge >= 0.3 is 5.69 Å². The van der Waals surface area contributed by atoms with Crippen LogP contribution in [0.4, 0.5) is 11.4 Å². The average Bonchev–Trinajstić information content (AvgIpc) is 2.54. The molecule has 0 radical (unpaired) electrons. The number of rotatable bonds is 7. The van der Waals surface area contributed by atoms with Gasteiger partial charge in [-0.15, -0.1) is 0 Å². The number of anilines is 1. The second-order valence-electron chi connectivity index (χ2n) is 6.64. The Hall–Kier alpha value is -1.71. The van der Waals surface area contributed by atoms with Gasteiger partial charge < -0.3 is 15.1 Å². The molecule has 0 spiro atoms. The van der Waals surface area contributed by atoms with E-state index in [1.165, 1.54) is 12.1 Å². The zero-order valence-corrected chi connectivity index (χ0v) is 15.8. The molecule has 8 nitrogen and oxygen atoms in total. The van der Waals surface area contributed by atoms with Gasteiger partial charge in [0.1, 0.15) is 10.6 Å². The summed E-state index contributed by atoms with van der Waals surface area (Å²) in [5, 5.41) is 14.4. The molecule has 9 heteroatoms. The largest absolute Gasteiger partial charge is 0.378 e. The third-order valence-corrected chi connectivity index (χ3v) is 5.74. The van der Waals surface area contributed by atoms with Crippen LogP contribution in [-0.2, 0) is 9.84 Å². The van der Waals surface area contributed by atoms with Gasteiger partial charge in [0, 0.05) is 25.4 Å². The smallest absolute Gasteiger partial charge is 0.310 e. The molecule has 1 saturated heterocycles. The minimum atomic E-state index is -3.66. The molecule has 0 amide bonds. The molecule has 0 atom stereocenters. The number of hydrogen-bond acceptors (Lipinski definition) is 7. The van der Waals surface area contributed by atoms with Crippen LogP contribution in [-0.4, -0.2) is 75.7 Å². The van der Waals surface area contributed by atoms with Crippen LogP contribution in [0.5, 0.6) is 0 Å². The maximum atomic E-state index is 11.8. The molecular formula is C16H26N4O4S. The number of para-hydroxylation sites is 1. The van der Waals surface area contributed by atoms with Gasteiger partial charge in [-0.2, -0.15) is 0 Å². The topological polar surface area (TPSA) is 95.8 Å².